The van der Waals surface area contributed by atoms with Crippen LogP contribution in [0.1, 0.15) is 0 Å². The predicted octanol–water partition coefficient (Wildman–Crippen LogP) is 2.23. The summed E-state index contributed by atoms with van der Waals surface area (Å²) in [6, 6.07) is 15.9. The van der Waals surface area contributed by atoms with Gasteiger partial charge in [0.15, 0.2) is 0 Å². The van der Waals surface area contributed by atoms with Gasteiger partial charge in [0.05, 0.1) is 11.3 Å². The van der Waals surface area contributed by atoms with Crippen LogP contribution in [0.2, 0.25) is 0 Å². The highest BCUT2D eigenvalue weighted by Crippen LogP contribution is 2.29. The number of H-pyrrole nitrogens is 1. The van der Waals surface area contributed by atoms with E-state index < -0.39 is 0 Å². The fourth-order valence-electron chi connectivity index (χ4n) is 3.61. The topological polar surface area (TPSA) is 66.0 Å². The Morgan fingerprint density at radius 2 is 1.77 bits per heavy atom. The molecule has 6 heteroatoms. The summed E-state index contributed by atoms with van der Waals surface area (Å²) in [7, 11) is 0. The molecule has 3 aliphatic rings. The number of pyridine rings is 1. The maximum Gasteiger partial charge on any atom is 0.282 e. The Bertz CT molecular complexity index is 1090. The molecule has 2 N–H and O–H groups in total. The molecule has 0 amide bonds. The number of anilines is 1. The summed E-state index contributed by atoms with van der Waals surface area (Å²) < 4.78 is 1.48. The van der Waals surface area contributed by atoms with Gasteiger partial charge in [0.1, 0.15) is 5.69 Å². The van der Waals surface area contributed by atoms with E-state index in [1.165, 1.54) is 10.4 Å². The molecule has 0 aromatic heterocycles. The van der Waals surface area contributed by atoms with Crippen molar-refractivity contribution in [3.8, 4) is 16.9 Å². The first kappa shape index (κ1) is 15.2. The van der Waals surface area contributed by atoms with Crippen LogP contribution in [0, 0.1) is 0 Å². The van der Waals surface area contributed by atoms with Gasteiger partial charge in [-0.2, -0.15) is 9.78 Å². The Balaban J connectivity index is 1.70. The molecule has 0 unspecified atom stereocenters. The normalized spacial score (nSPS) is 15.0. The SMILES string of the molecule is O=c1c2c[nH]c3ccc(N4CCNCC4)cc3c-2nn1-c1ccccc1. The summed E-state index contributed by atoms with van der Waals surface area (Å²) in [5, 5.41) is 9.00. The number of nitrogens with one attached hydrogen (secondary N) is 2. The van der Waals surface area contributed by atoms with Crippen LogP contribution in [-0.4, -0.2) is 40.9 Å². The van der Waals surface area contributed by atoms with Crippen molar-refractivity contribution in [1.29, 1.82) is 0 Å². The second-order valence-electron chi connectivity index (χ2n) is 6.57. The van der Waals surface area contributed by atoms with Crippen molar-refractivity contribution in [2.45, 2.75) is 0 Å². The van der Waals surface area contributed by atoms with Gasteiger partial charge in [-0.15, -0.1) is 0 Å². The molecule has 0 bridgehead atoms. The van der Waals surface area contributed by atoms with Gasteiger partial charge in [0.2, 0.25) is 0 Å². The average Bonchev–Trinajstić information content (AvgIpc) is 3.06. The third kappa shape index (κ3) is 2.38. The van der Waals surface area contributed by atoms with Gasteiger partial charge < -0.3 is 15.2 Å². The van der Waals surface area contributed by atoms with Crippen molar-refractivity contribution < 1.29 is 0 Å². The lowest BCUT2D eigenvalue weighted by Crippen LogP contribution is -2.43. The Labute approximate surface area is 150 Å². The molecule has 1 fully saturated rings. The molecule has 0 aliphatic carbocycles. The molecule has 26 heavy (non-hydrogen) atoms. The Kier molecular flexibility index (Phi) is 3.50. The second kappa shape index (κ2) is 6.00. The highest BCUT2D eigenvalue weighted by molar-refractivity contribution is 5.95. The molecule has 0 atom stereocenters. The molecule has 3 aliphatic heterocycles. The maximum absolute atomic E-state index is 12.8. The van der Waals surface area contributed by atoms with Crippen molar-refractivity contribution in [1.82, 2.24) is 20.1 Å². The lowest BCUT2D eigenvalue weighted by Gasteiger charge is -2.29. The van der Waals surface area contributed by atoms with Gasteiger partial charge in [-0.05, 0) is 30.3 Å². The van der Waals surface area contributed by atoms with Crippen molar-refractivity contribution in [2.24, 2.45) is 0 Å². The molecular weight excluding hydrogens is 326 g/mol. The molecule has 0 saturated carbocycles. The lowest BCUT2D eigenvalue weighted by molar-refractivity contribution is 0.589. The van der Waals surface area contributed by atoms with Crippen molar-refractivity contribution in [2.75, 3.05) is 31.1 Å². The number of fused-ring (bicyclic) bond motifs is 3. The maximum atomic E-state index is 12.8. The number of benzene rings is 2. The summed E-state index contributed by atoms with van der Waals surface area (Å²) in [4.78, 5) is 18.4. The quantitative estimate of drug-likeness (QED) is 0.585. The molecule has 0 radical (unpaired) electrons. The number of hydrogen-bond donors (Lipinski definition) is 2. The number of aromatic amines is 1. The fraction of sp³-hybridized carbons (Fsp3) is 0.200. The van der Waals surface area contributed by atoms with Crippen LogP contribution in [0.4, 0.5) is 5.69 Å². The van der Waals surface area contributed by atoms with Crippen LogP contribution in [-0.2, 0) is 0 Å². The van der Waals surface area contributed by atoms with E-state index in [4.69, 9.17) is 0 Å². The lowest BCUT2D eigenvalue weighted by atomic mass is 10.1. The van der Waals surface area contributed by atoms with Crippen LogP contribution in [0.25, 0.3) is 27.8 Å². The zero-order chi connectivity index (χ0) is 17.5. The third-order valence-electron chi connectivity index (χ3n) is 4.99. The first-order chi connectivity index (χ1) is 12.8. The molecule has 130 valence electrons. The van der Waals surface area contributed by atoms with E-state index in [0.29, 0.717) is 5.56 Å². The van der Waals surface area contributed by atoms with Crippen molar-refractivity contribution in [3.63, 3.8) is 0 Å². The monoisotopic (exact) mass is 345 g/mol. The van der Waals surface area contributed by atoms with Gasteiger partial charge in [0, 0.05) is 49.0 Å². The van der Waals surface area contributed by atoms with Gasteiger partial charge >= 0.3 is 0 Å². The summed E-state index contributed by atoms with van der Waals surface area (Å²) >= 11 is 0. The van der Waals surface area contributed by atoms with E-state index >= 15 is 0 Å². The number of piperazine rings is 1. The molecular formula is C20H19N5O. The minimum atomic E-state index is -0.100. The van der Waals surface area contributed by atoms with Crippen LogP contribution >= 0.6 is 0 Å². The smallest absolute Gasteiger partial charge is 0.282 e. The molecule has 3 heterocycles. The van der Waals surface area contributed by atoms with Crippen LogP contribution in [0.5, 0.6) is 0 Å². The largest absolute Gasteiger partial charge is 0.369 e. The first-order valence-corrected chi connectivity index (χ1v) is 8.86. The summed E-state index contributed by atoms with van der Waals surface area (Å²) in [5.74, 6) is 0. The van der Waals surface area contributed by atoms with Gasteiger partial charge in [-0.1, -0.05) is 18.2 Å². The number of nitrogens with zero attached hydrogens (tertiary/aromatic N) is 3. The zero-order valence-corrected chi connectivity index (χ0v) is 14.3. The van der Waals surface area contributed by atoms with Crippen molar-refractivity contribution in [3.05, 3.63) is 65.1 Å². The minimum Gasteiger partial charge on any atom is -0.369 e. The summed E-state index contributed by atoms with van der Waals surface area (Å²) in [6.45, 7) is 3.94. The summed E-state index contributed by atoms with van der Waals surface area (Å²) in [6.07, 6.45) is 1.76. The van der Waals surface area contributed by atoms with E-state index in [9.17, 15) is 4.79 Å². The highest BCUT2D eigenvalue weighted by Gasteiger charge is 2.20. The second-order valence-corrected chi connectivity index (χ2v) is 6.57. The number of para-hydroxylation sites is 1. The number of rotatable bonds is 2. The molecule has 6 nitrogen and oxygen atoms in total. The minimum absolute atomic E-state index is 0.100. The van der Waals surface area contributed by atoms with Crippen molar-refractivity contribution >= 4 is 16.6 Å². The molecule has 5 rings (SSSR count). The van der Waals surface area contributed by atoms with E-state index in [0.717, 1.165) is 48.5 Å². The summed E-state index contributed by atoms with van der Waals surface area (Å²) in [5.41, 5.74) is 4.18. The van der Waals surface area contributed by atoms with Gasteiger partial charge in [0.25, 0.3) is 5.56 Å². The van der Waals surface area contributed by atoms with Gasteiger partial charge in [-0.3, -0.25) is 4.79 Å². The molecule has 2 aromatic rings. The van der Waals surface area contributed by atoms with E-state index in [2.05, 4.69) is 38.5 Å². The Morgan fingerprint density at radius 1 is 0.962 bits per heavy atom. The number of aromatic nitrogens is 3. The molecule has 1 saturated heterocycles. The average molecular weight is 345 g/mol. The highest BCUT2D eigenvalue weighted by atomic mass is 16.1. The van der Waals surface area contributed by atoms with Crippen LogP contribution in [0.15, 0.2) is 59.5 Å². The van der Waals surface area contributed by atoms with Gasteiger partial charge in [-0.25, -0.2) is 0 Å². The standard InChI is InChI=1S/C20H19N5O/c26-20-17-13-22-18-7-6-15(24-10-8-21-9-11-24)12-16(18)19(17)23-25(20)14-4-2-1-3-5-14/h1-7,12-13,21-22H,8-11H2. The molecule has 2 aromatic carbocycles. The van der Waals surface area contributed by atoms with Crippen LogP contribution in [0.3, 0.4) is 0 Å². The zero-order valence-electron chi connectivity index (χ0n) is 14.3. The first-order valence-electron chi connectivity index (χ1n) is 8.86. The third-order valence-corrected chi connectivity index (χ3v) is 4.99. The van der Waals surface area contributed by atoms with Crippen LogP contribution < -0.4 is 15.8 Å². The molecule has 0 spiro atoms. The number of hydrogen-bond acceptors (Lipinski definition) is 4. The Morgan fingerprint density at radius 3 is 2.58 bits per heavy atom. The van der Waals surface area contributed by atoms with E-state index in [-0.39, 0.29) is 5.56 Å². The Hall–Kier alpha value is -3.12. The van der Waals surface area contributed by atoms with E-state index in [1.54, 1.807) is 6.20 Å². The fourth-order valence-corrected chi connectivity index (χ4v) is 3.61. The van der Waals surface area contributed by atoms with E-state index in [1.807, 2.05) is 30.3 Å². The predicted molar refractivity (Wildman–Crippen MR) is 103 cm³/mol.